The fraction of sp³-hybridized carbons (Fsp3) is 0.550. The minimum absolute atomic E-state index is 0.0940. The molecule has 6 heteroatoms. The van der Waals surface area contributed by atoms with Crippen LogP contribution in [0.2, 0.25) is 0 Å². The van der Waals surface area contributed by atoms with Crippen molar-refractivity contribution in [3.63, 3.8) is 0 Å². The lowest BCUT2D eigenvalue weighted by molar-refractivity contribution is -0.152. The first kappa shape index (κ1) is 19.1. The van der Waals surface area contributed by atoms with E-state index in [4.69, 9.17) is 0 Å². The monoisotopic (exact) mass is 417 g/mol. The number of ketones is 1. The maximum atomic E-state index is 13.0. The number of nitriles is 1. The third-order valence-electron chi connectivity index (χ3n) is 5.63. The molecule has 1 heterocycles. The van der Waals surface area contributed by atoms with Gasteiger partial charge in [-0.15, -0.1) is 0 Å². The van der Waals surface area contributed by atoms with Gasteiger partial charge in [-0.05, 0) is 37.5 Å². The van der Waals surface area contributed by atoms with Crippen molar-refractivity contribution in [2.24, 2.45) is 5.41 Å². The van der Waals surface area contributed by atoms with Crippen molar-refractivity contribution < 1.29 is 9.59 Å². The number of nitrogens with zero attached hydrogens (tertiary/aromatic N) is 3. The Morgan fingerprint density at radius 2 is 1.81 bits per heavy atom. The zero-order chi connectivity index (χ0) is 18.7. The molecule has 1 atom stereocenters. The molecule has 2 fully saturated rings. The van der Waals surface area contributed by atoms with Crippen LogP contribution in [0.4, 0.5) is 0 Å². The number of hydrogen-bond donors (Lipinski definition) is 0. The Morgan fingerprint density at radius 3 is 2.27 bits per heavy atom. The summed E-state index contributed by atoms with van der Waals surface area (Å²) in [5, 5.41) is 9.63. The third kappa shape index (κ3) is 3.84. The van der Waals surface area contributed by atoms with Crippen molar-refractivity contribution in [1.82, 2.24) is 9.80 Å². The van der Waals surface area contributed by atoms with E-state index in [1.807, 2.05) is 29.2 Å². The summed E-state index contributed by atoms with van der Waals surface area (Å²) in [6.45, 7) is 4.16. The molecule has 1 saturated heterocycles. The molecule has 1 aliphatic carbocycles. The minimum atomic E-state index is -0.450. The van der Waals surface area contributed by atoms with Crippen molar-refractivity contribution in [3.05, 3.63) is 34.3 Å². The molecule has 5 nitrogen and oxygen atoms in total. The molecule has 2 aliphatic rings. The minimum Gasteiger partial charge on any atom is -0.340 e. The molecule has 0 spiro atoms. The van der Waals surface area contributed by atoms with E-state index in [1.54, 1.807) is 6.92 Å². The Hall–Kier alpha value is -1.71. The van der Waals surface area contributed by atoms with Gasteiger partial charge in [0.15, 0.2) is 0 Å². The fourth-order valence-electron chi connectivity index (χ4n) is 4.08. The van der Waals surface area contributed by atoms with E-state index in [0.717, 1.165) is 29.3 Å². The van der Waals surface area contributed by atoms with Crippen LogP contribution >= 0.6 is 15.9 Å². The second-order valence-corrected chi connectivity index (χ2v) is 8.34. The Balaban J connectivity index is 1.63. The largest absolute Gasteiger partial charge is 0.340 e. The van der Waals surface area contributed by atoms with E-state index >= 15 is 0 Å². The lowest BCUT2D eigenvalue weighted by atomic mass is 9.65. The number of amides is 1. The molecule has 0 bridgehead atoms. The van der Waals surface area contributed by atoms with Crippen LogP contribution < -0.4 is 0 Å². The lowest BCUT2D eigenvalue weighted by Gasteiger charge is -2.45. The highest BCUT2D eigenvalue weighted by atomic mass is 79.9. The molecule has 3 rings (SSSR count). The zero-order valence-corrected chi connectivity index (χ0v) is 16.7. The van der Waals surface area contributed by atoms with E-state index in [2.05, 4.69) is 26.9 Å². The van der Waals surface area contributed by atoms with Gasteiger partial charge in [-0.25, -0.2) is 0 Å². The average molecular weight is 418 g/mol. The van der Waals surface area contributed by atoms with Gasteiger partial charge in [-0.3, -0.25) is 14.5 Å². The molecule has 1 aromatic carbocycles. The normalized spacial score (nSPS) is 20.7. The van der Waals surface area contributed by atoms with Crippen molar-refractivity contribution in [2.45, 2.75) is 38.6 Å². The number of rotatable bonds is 5. The highest BCUT2D eigenvalue weighted by molar-refractivity contribution is 9.10. The molecule has 138 valence electrons. The van der Waals surface area contributed by atoms with Crippen molar-refractivity contribution in [2.75, 3.05) is 26.2 Å². The highest BCUT2D eigenvalue weighted by Gasteiger charge is 2.47. The van der Waals surface area contributed by atoms with E-state index in [0.29, 0.717) is 32.6 Å². The van der Waals surface area contributed by atoms with Crippen LogP contribution in [0.1, 0.15) is 44.2 Å². The average Bonchev–Trinajstić information content (AvgIpc) is 2.60. The van der Waals surface area contributed by atoms with E-state index in [9.17, 15) is 14.9 Å². The summed E-state index contributed by atoms with van der Waals surface area (Å²) < 4.78 is 0.990. The molecule has 0 unspecified atom stereocenters. The Bertz CT molecular complexity index is 714. The number of benzene rings is 1. The first-order valence-electron chi connectivity index (χ1n) is 9.13. The summed E-state index contributed by atoms with van der Waals surface area (Å²) in [5.41, 5.74) is 0.524. The predicted octanol–water partition coefficient (Wildman–Crippen LogP) is 3.31. The standard InChI is InChI=1S/C20H24BrN3O2/c1-15(25)13-20(7-2-8-20)19(26)24-11-9-23(10-12-24)18(14-22)16-3-5-17(21)6-4-16/h3-6,18H,2,7-13H2,1H3/t18-/m1/s1. The van der Waals surface area contributed by atoms with Crippen LogP contribution in [0.15, 0.2) is 28.7 Å². The SMILES string of the molecule is CC(=O)CC1(C(=O)N2CCN([C@H](C#N)c3ccc(Br)cc3)CC2)CCC1. The van der Waals surface area contributed by atoms with Crippen molar-refractivity contribution in [1.29, 1.82) is 5.26 Å². The van der Waals surface area contributed by atoms with Crippen molar-refractivity contribution >= 4 is 27.6 Å². The van der Waals surface area contributed by atoms with Crippen LogP contribution in [0.5, 0.6) is 0 Å². The second kappa shape index (κ2) is 7.89. The maximum absolute atomic E-state index is 13.0. The van der Waals surface area contributed by atoms with Gasteiger partial charge >= 0.3 is 0 Å². The molecule has 0 N–H and O–H groups in total. The summed E-state index contributed by atoms with van der Waals surface area (Å²) >= 11 is 3.42. The Kier molecular flexibility index (Phi) is 5.79. The van der Waals surface area contributed by atoms with Gasteiger partial charge in [-0.2, -0.15) is 5.26 Å². The first-order chi connectivity index (χ1) is 12.4. The van der Waals surface area contributed by atoms with Crippen LogP contribution in [-0.2, 0) is 9.59 Å². The van der Waals surface area contributed by atoms with Crippen LogP contribution in [-0.4, -0.2) is 47.7 Å². The van der Waals surface area contributed by atoms with Gasteiger partial charge in [0.05, 0.1) is 11.5 Å². The third-order valence-corrected chi connectivity index (χ3v) is 6.15. The van der Waals surface area contributed by atoms with Gasteiger partial charge in [0, 0.05) is 37.1 Å². The van der Waals surface area contributed by atoms with Gasteiger partial charge in [0.2, 0.25) is 5.91 Å². The molecule has 0 aromatic heterocycles. The van der Waals surface area contributed by atoms with Crippen LogP contribution in [0.25, 0.3) is 0 Å². The summed E-state index contributed by atoms with van der Waals surface area (Å²) in [6, 6.07) is 9.92. The molecule has 1 aliphatic heterocycles. The summed E-state index contributed by atoms with van der Waals surface area (Å²) in [4.78, 5) is 28.6. The maximum Gasteiger partial charge on any atom is 0.229 e. The molecule has 1 amide bonds. The molecule has 1 saturated carbocycles. The molecule has 0 radical (unpaired) electrons. The lowest BCUT2D eigenvalue weighted by Crippen LogP contribution is -2.55. The van der Waals surface area contributed by atoms with Crippen molar-refractivity contribution in [3.8, 4) is 6.07 Å². The Labute approximate surface area is 163 Å². The topological polar surface area (TPSA) is 64.4 Å². The smallest absolute Gasteiger partial charge is 0.229 e. The van der Waals surface area contributed by atoms with E-state index < -0.39 is 5.41 Å². The first-order valence-corrected chi connectivity index (χ1v) is 9.92. The van der Waals surface area contributed by atoms with Gasteiger partial charge in [0.1, 0.15) is 11.8 Å². The number of hydrogen-bond acceptors (Lipinski definition) is 4. The van der Waals surface area contributed by atoms with Gasteiger partial charge in [-0.1, -0.05) is 34.5 Å². The number of carbonyl (C=O) groups excluding carboxylic acids is 2. The summed E-state index contributed by atoms with van der Waals surface area (Å²) in [5.74, 6) is 0.229. The number of carbonyl (C=O) groups is 2. The number of halogens is 1. The van der Waals surface area contributed by atoms with Crippen LogP contribution in [0, 0.1) is 16.7 Å². The highest BCUT2D eigenvalue weighted by Crippen LogP contribution is 2.45. The van der Waals surface area contributed by atoms with Crippen LogP contribution in [0.3, 0.4) is 0 Å². The molecular weight excluding hydrogens is 394 g/mol. The van der Waals surface area contributed by atoms with Gasteiger partial charge in [0.25, 0.3) is 0 Å². The zero-order valence-electron chi connectivity index (χ0n) is 15.1. The predicted molar refractivity (Wildman–Crippen MR) is 102 cm³/mol. The van der Waals surface area contributed by atoms with E-state index in [1.165, 1.54) is 0 Å². The number of piperazine rings is 1. The number of Topliss-reactive ketones (excluding diaryl/α,β-unsaturated/α-hetero) is 1. The quantitative estimate of drug-likeness (QED) is 0.736. The summed E-state index contributed by atoms with van der Waals surface area (Å²) in [6.07, 6.45) is 3.04. The summed E-state index contributed by atoms with van der Waals surface area (Å²) in [7, 11) is 0. The van der Waals surface area contributed by atoms with Gasteiger partial charge < -0.3 is 4.90 Å². The molecule has 1 aromatic rings. The fourth-order valence-corrected chi connectivity index (χ4v) is 4.34. The molecule has 26 heavy (non-hydrogen) atoms. The second-order valence-electron chi connectivity index (χ2n) is 7.42. The van der Waals surface area contributed by atoms with E-state index in [-0.39, 0.29) is 17.7 Å². The Morgan fingerprint density at radius 1 is 1.19 bits per heavy atom. The molecular formula is C20H24BrN3O2.